The Labute approximate surface area is 171 Å². The van der Waals surface area contributed by atoms with Gasteiger partial charge >= 0.3 is 6.36 Å². The van der Waals surface area contributed by atoms with Crippen LogP contribution in [0.25, 0.3) is 0 Å². The smallest absolute Gasteiger partial charge is 0.404 e. The van der Waals surface area contributed by atoms with Gasteiger partial charge in [-0.15, -0.1) is 13.2 Å². The molecule has 2 aromatic rings. The number of rotatable bonds is 5. The number of piperidine rings is 1. The van der Waals surface area contributed by atoms with Crippen LogP contribution in [0.15, 0.2) is 47.5 Å². The Morgan fingerprint density at radius 3 is 2.50 bits per heavy atom. The minimum absolute atomic E-state index is 0.00200. The maximum Gasteiger partial charge on any atom is 0.573 e. The van der Waals surface area contributed by atoms with Crippen LogP contribution in [0.4, 0.5) is 19.0 Å². The highest BCUT2D eigenvalue weighted by molar-refractivity contribution is 7.89. The summed E-state index contributed by atoms with van der Waals surface area (Å²) in [7, 11) is -4.21. The molecule has 0 saturated carbocycles. The second-order valence-corrected chi connectivity index (χ2v) is 8.79. The van der Waals surface area contributed by atoms with E-state index in [0.717, 1.165) is 22.0 Å². The van der Waals surface area contributed by atoms with E-state index in [-0.39, 0.29) is 31.8 Å². The lowest BCUT2D eigenvalue weighted by Crippen LogP contribution is -2.41. The number of hydrogen-bond acceptors (Lipinski definition) is 5. The Bertz CT molecular complexity index is 1020. The van der Waals surface area contributed by atoms with E-state index in [1.54, 1.807) is 18.3 Å². The van der Waals surface area contributed by atoms with Crippen LogP contribution in [-0.4, -0.2) is 43.1 Å². The topological polar surface area (TPSA) is 88.6 Å². The summed E-state index contributed by atoms with van der Waals surface area (Å²) in [6.45, 7) is 1.87. The second-order valence-electron chi connectivity index (χ2n) is 6.88. The van der Waals surface area contributed by atoms with Crippen molar-refractivity contribution in [1.82, 2.24) is 9.29 Å². The van der Waals surface area contributed by atoms with Crippen molar-refractivity contribution >= 4 is 21.7 Å². The van der Waals surface area contributed by atoms with Gasteiger partial charge in [-0.1, -0.05) is 12.1 Å². The molecule has 0 radical (unpaired) electrons. The number of carbonyl (C=O) groups excluding carboxylic acids is 1. The fraction of sp³-hybridized carbons (Fsp3) is 0.368. The predicted molar refractivity (Wildman–Crippen MR) is 102 cm³/mol. The number of aromatic nitrogens is 1. The molecule has 0 aliphatic carbocycles. The molecule has 1 N–H and O–H groups in total. The number of para-hydroxylation sites is 1. The molecular formula is C19H20F3N3O4S. The summed E-state index contributed by atoms with van der Waals surface area (Å²) in [6, 6.07) is 8.11. The van der Waals surface area contributed by atoms with Gasteiger partial charge in [0.1, 0.15) is 16.5 Å². The number of hydrogen-bond donors (Lipinski definition) is 1. The van der Waals surface area contributed by atoms with Crippen LogP contribution in [0.2, 0.25) is 0 Å². The molecular weight excluding hydrogens is 423 g/mol. The van der Waals surface area contributed by atoms with Crippen molar-refractivity contribution in [3.63, 3.8) is 0 Å². The summed E-state index contributed by atoms with van der Waals surface area (Å²) in [4.78, 5) is 16.0. The van der Waals surface area contributed by atoms with E-state index in [4.69, 9.17) is 0 Å². The molecule has 0 unspecified atom stereocenters. The molecule has 1 fully saturated rings. The van der Waals surface area contributed by atoms with Crippen molar-refractivity contribution in [2.75, 3.05) is 18.4 Å². The van der Waals surface area contributed by atoms with E-state index in [9.17, 15) is 26.4 Å². The molecule has 1 amide bonds. The molecule has 0 bridgehead atoms. The Morgan fingerprint density at radius 2 is 1.87 bits per heavy atom. The van der Waals surface area contributed by atoms with Gasteiger partial charge in [-0.05, 0) is 49.6 Å². The van der Waals surface area contributed by atoms with Crippen LogP contribution in [0.1, 0.15) is 18.4 Å². The fourth-order valence-electron chi connectivity index (χ4n) is 3.20. The summed E-state index contributed by atoms with van der Waals surface area (Å²) in [6.07, 6.45) is -2.97. The van der Waals surface area contributed by atoms with Gasteiger partial charge < -0.3 is 10.1 Å². The minimum atomic E-state index is -5.01. The molecule has 11 heteroatoms. The molecule has 1 saturated heterocycles. The first-order valence-electron chi connectivity index (χ1n) is 9.15. The number of nitrogens with one attached hydrogen (secondary N) is 1. The molecule has 30 heavy (non-hydrogen) atoms. The number of nitrogens with zero attached hydrogens (tertiary/aromatic N) is 2. The molecule has 3 rings (SSSR count). The first-order chi connectivity index (χ1) is 14.1. The van der Waals surface area contributed by atoms with E-state index in [1.165, 1.54) is 12.1 Å². The minimum Gasteiger partial charge on any atom is -0.404 e. The van der Waals surface area contributed by atoms with Crippen molar-refractivity contribution in [2.45, 2.75) is 31.0 Å². The summed E-state index contributed by atoms with van der Waals surface area (Å²) >= 11 is 0. The van der Waals surface area contributed by atoms with E-state index >= 15 is 0 Å². The average Bonchev–Trinajstić information content (AvgIpc) is 2.67. The zero-order valence-corrected chi connectivity index (χ0v) is 16.8. The second kappa shape index (κ2) is 8.60. The summed E-state index contributed by atoms with van der Waals surface area (Å²) < 4.78 is 68.5. The highest BCUT2D eigenvalue weighted by Gasteiger charge is 2.37. The number of pyridine rings is 1. The Morgan fingerprint density at radius 1 is 1.20 bits per heavy atom. The number of alkyl halides is 3. The van der Waals surface area contributed by atoms with Crippen LogP contribution in [0.3, 0.4) is 0 Å². The van der Waals surface area contributed by atoms with Gasteiger partial charge in [0.15, 0.2) is 0 Å². The maximum absolute atomic E-state index is 12.9. The number of ether oxygens (including phenoxy) is 1. The third kappa shape index (κ3) is 5.28. The Hall–Kier alpha value is -2.66. The molecule has 7 nitrogen and oxygen atoms in total. The predicted octanol–water partition coefficient (Wildman–Crippen LogP) is 3.33. The summed E-state index contributed by atoms with van der Waals surface area (Å²) in [5.41, 5.74) is 0.931. The van der Waals surface area contributed by atoms with Gasteiger partial charge in [0, 0.05) is 25.2 Å². The maximum atomic E-state index is 12.9. The monoisotopic (exact) mass is 443 g/mol. The number of amides is 1. The van der Waals surface area contributed by atoms with Gasteiger partial charge in [0.25, 0.3) is 0 Å². The molecule has 2 heterocycles. The lowest BCUT2D eigenvalue weighted by atomic mass is 9.97. The van der Waals surface area contributed by atoms with E-state index in [1.807, 2.05) is 6.92 Å². The van der Waals surface area contributed by atoms with Crippen molar-refractivity contribution in [2.24, 2.45) is 5.92 Å². The summed E-state index contributed by atoms with van der Waals surface area (Å²) in [5, 5.41) is 2.71. The van der Waals surface area contributed by atoms with Crippen LogP contribution in [-0.2, 0) is 14.8 Å². The first kappa shape index (κ1) is 22.0. The van der Waals surface area contributed by atoms with Crippen molar-refractivity contribution in [1.29, 1.82) is 0 Å². The van der Waals surface area contributed by atoms with E-state index in [2.05, 4.69) is 15.0 Å². The van der Waals surface area contributed by atoms with E-state index in [0.29, 0.717) is 5.82 Å². The number of halogens is 3. The molecule has 1 aromatic heterocycles. The third-order valence-electron chi connectivity index (χ3n) is 4.68. The number of sulfonamides is 1. The summed E-state index contributed by atoms with van der Waals surface area (Å²) in [5.74, 6) is -1.07. The van der Waals surface area contributed by atoms with Gasteiger partial charge in [-0.3, -0.25) is 4.79 Å². The lowest BCUT2D eigenvalue weighted by Gasteiger charge is -2.30. The average molecular weight is 443 g/mol. The molecule has 1 aliphatic heterocycles. The number of aryl methyl sites for hydroxylation is 1. The largest absolute Gasteiger partial charge is 0.573 e. The van der Waals surface area contributed by atoms with Gasteiger partial charge in [-0.25, -0.2) is 13.4 Å². The lowest BCUT2D eigenvalue weighted by molar-refractivity contribution is -0.275. The van der Waals surface area contributed by atoms with Gasteiger partial charge in [0.2, 0.25) is 15.9 Å². The van der Waals surface area contributed by atoms with Crippen molar-refractivity contribution < 1.29 is 31.1 Å². The molecule has 1 aliphatic rings. The Balaban J connectivity index is 1.68. The molecule has 0 spiro atoms. The quantitative estimate of drug-likeness (QED) is 0.766. The number of anilines is 1. The zero-order chi connectivity index (χ0) is 21.9. The van der Waals surface area contributed by atoms with Crippen LogP contribution < -0.4 is 10.1 Å². The van der Waals surface area contributed by atoms with Gasteiger partial charge in [-0.2, -0.15) is 4.31 Å². The first-order valence-corrected chi connectivity index (χ1v) is 10.6. The Kier molecular flexibility index (Phi) is 6.32. The SMILES string of the molecule is Cc1ccnc(NC(=O)C2CCN(S(=O)(=O)c3ccccc3OC(F)(F)F)CC2)c1. The molecule has 0 atom stereocenters. The number of benzene rings is 1. The number of carbonyl (C=O) groups is 1. The normalized spacial score (nSPS) is 16.3. The van der Waals surface area contributed by atoms with Crippen molar-refractivity contribution in [3.8, 4) is 5.75 Å². The van der Waals surface area contributed by atoms with Crippen molar-refractivity contribution in [3.05, 3.63) is 48.2 Å². The standard InChI is InChI=1S/C19H20F3N3O4S/c1-13-6-9-23-17(12-13)24-18(26)14-7-10-25(11-8-14)30(27,28)16-5-3-2-4-15(16)29-19(20,21)22/h2-6,9,12,14H,7-8,10-11H2,1H3,(H,23,24,26). The van der Waals surface area contributed by atoms with Crippen LogP contribution in [0, 0.1) is 12.8 Å². The van der Waals surface area contributed by atoms with Gasteiger partial charge in [0.05, 0.1) is 0 Å². The van der Waals surface area contributed by atoms with Crippen LogP contribution in [0.5, 0.6) is 5.75 Å². The molecule has 162 valence electrons. The van der Waals surface area contributed by atoms with Crippen LogP contribution >= 0.6 is 0 Å². The van der Waals surface area contributed by atoms with E-state index < -0.39 is 32.9 Å². The third-order valence-corrected chi connectivity index (χ3v) is 6.62. The highest BCUT2D eigenvalue weighted by atomic mass is 32.2. The zero-order valence-electron chi connectivity index (χ0n) is 16.0. The highest BCUT2D eigenvalue weighted by Crippen LogP contribution is 2.33. The molecule has 1 aromatic carbocycles. The fourth-order valence-corrected chi connectivity index (χ4v) is 4.79.